The highest BCUT2D eigenvalue weighted by Gasteiger charge is 2.38. The number of carboxylic acid groups (broad SMARTS) is 1. The summed E-state index contributed by atoms with van der Waals surface area (Å²) in [6.07, 6.45) is -0.187. The quantitative estimate of drug-likeness (QED) is 0.256. The Morgan fingerprint density at radius 3 is 2.48 bits per heavy atom. The van der Waals surface area contributed by atoms with Gasteiger partial charge in [0.25, 0.3) is 0 Å². The molecule has 1 aliphatic heterocycles. The Morgan fingerprint density at radius 2 is 1.96 bits per heavy atom. The van der Waals surface area contributed by atoms with Crippen LogP contribution in [0.15, 0.2) is 0 Å². The molecule has 142 valence electrons. The van der Waals surface area contributed by atoms with E-state index in [-0.39, 0.29) is 6.54 Å². The molecule has 0 radical (unpaired) electrons. The Labute approximate surface area is 144 Å². The van der Waals surface area contributed by atoms with Gasteiger partial charge in [-0.1, -0.05) is 0 Å². The van der Waals surface area contributed by atoms with Crippen molar-refractivity contribution in [3.05, 3.63) is 0 Å². The molecule has 3 amide bonds. The highest BCUT2D eigenvalue weighted by Crippen LogP contribution is 2.19. The summed E-state index contributed by atoms with van der Waals surface area (Å²) in [4.78, 5) is 48.0. The van der Waals surface area contributed by atoms with Gasteiger partial charge in [0.15, 0.2) is 0 Å². The minimum Gasteiger partial charge on any atom is -0.480 e. The number of carbonyl (C=O) groups is 4. The van der Waals surface area contributed by atoms with Crippen LogP contribution in [0, 0.1) is 0 Å². The molecule has 11 heteroatoms. The third-order valence-corrected chi connectivity index (χ3v) is 3.87. The number of nitrogens with one attached hydrogen (secondary N) is 2. The molecule has 1 saturated heterocycles. The summed E-state index contributed by atoms with van der Waals surface area (Å²) < 4.78 is 0. The van der Waals surface area contributed by atoms with Crippen molar-refractivity contribution < 1.29 is 34.5 Å². The smallest absolute Gasteiger partial charge is 0.322 e. The molecule has 0 aliphatic carbocycles. The van der Waals surface area contributed by atoms with Crippen molar-refractivity contribution in [3.8, 4) is 0 Å². The van der Waals surface area contributed by atoms with Crippen LogP contribution in [0.25, 0.3) is 0 Å². The number of nitrogens with two attached hydrogens (primary N) is 1. The molecular weight excluding hydrogens is 336 g/mol. The molecule has 1 heterocycles. The Morgan fingerprint density at radius 1 is 1.32 bits per heavy atom. The molecule has 0 saturated carbocycles. The number of rotatable bonds is 8. The number of amides is 3. The highest BCUT2D eigenvalue weighted by atomic mass is 16.4. The van der Waals surface area contributed by atoms with Crippen LogP contribution in [0.2, 0.25) is 0 Å². The normalized spacial score (nSPS) is 20.5. The van der Waals surface area contributed by atoms with E-state index < -0.39 is 61.1 Å². The summed E-state index contributed by atoms with van der Waals surface area (Å²) in [5.74, 6) is -3.36. The maximum Gasteiger partial charge on any atom is 0.322 e. The average Bonchev–Trinajstić information content (AvgIpc) is 3.05. The van der Waals surface area contributed by atoms with Crippen LogP contribution in [0.3, 0.4) is 0 Å². The van der Waals surface area contributed by atoms with Crippen molar-refractivity contribution in [3.63, 3.8) is 0 Å². The van der Waals surface area contributed by atoms with Gasteiger partial charge in [-0.15, -0.1) is 0 Å². The van der Waals surface area contributed by atoms with E-state index in [0.29, 0.717) is 12.8 Å². The molecule has 1 rings (SSSR count). The molecule has 11 nitrogen and oxygen atoms in total. The standard InChI is InChI=1S/C14H24N4O7/c1-7(20)11(15)14(25)18-4-2-3-9(18)13(24)17-8(6-19)12(23)16-5-10(21)22/h7-9,11,19-20H,2-6,15H2,1H3,(H,16,23)(H,17,24)(H,21,22). The van der Waals surface area contributed by atoms with Crippen LogP contribution in [0.1, 0.15) is 19.8 Å². The molecule has 0 aromatic carbocycles. The van der Waals surface area contributed by atoms with Crippen molar-refractivity contribution >= 4 is 23.7 Å². The minimum absolute atomic E-state index is 0.284. The second-order valence-electron chi connectivity index (χ2n) is 5.81. The highest BCUT2D eigenvalue weighted by molar-refractivity contribution is 5.94. The Hall–Kier alpha value is -2.24. The van der Waals surface area contributed by atoms with E-state index in [2.05, 4.69) is 5.32 Å². The first-order valence-corrected chi connectivity index (χ1v) is 7.83. The summed E-state index contributed by atoms with van der Waals surface area (Å²) in [5.41, 5.74) is 5.61. The third kappa shape index (κ3) is 5.66. The van der Waals surface area contributed by atoms with Crippen LogP contribution >= 0.6 is 0 Å². The summed E-state index contributed by atoms with van der Waals surface area (Å²) in [5, 5.41) is 31.5. The minimum atomic E-state index is -1.34. The summed E-state index contributed by atoms with van der Waals surface area (Å²) in [7, 11) is 0. The topological polar surface area (TPSA) is 182 Å². The third-order valence-electron chi connectivity index (χ3n) is 3.87. The maximum absolute atomic E-state index is 12.3. The molecule has 0 aromatic rings. The molecule has 25 heavy (non-hydrogen) atoms. The van der Waals surface area contributed by atoms with Crippen LogP contribution in [0.4, 0.5) is 0 Å². The summed E-state index contributed by atoms with van der Waals surface area (Å²) >= 11 is 0. The number of hydrogen-bond acceptors (Lipinski definition) is 7. The van der Waals surface area contributed by atoms with Gasteiger partial charge in [-0.3, -0.25) is 19.2 Å². The first kappa shape index (κ1) is 20.8. The van der Waals surface area contributed by atoms with Gasteiger partial charge in [0, 0.05) is 6.54 Å². The predicted octanol–water partition coefficient (Wildman–Crippen LogP) is -3.64. The fourth-order valence-corrected chi connectivity index (χ4v) is 2.45. The van der Waals surface area contributed by atoms with Crippen molar-refractivity contribution in [2.45, 2.75) is 44.0 Å². The SMILES string of the molecule is CC(O)C(N)C(=O)N1CCCC1C(=O)NC(CO)C(=O)NCC(=O)O. The lowest BCUT2D eigenvalue weighted by atomic mass is 10.1. The molecular formula is C14H24N4O7. The Balaban J connectivity index is 2.71. The van der Waals surface area contributed by atoms with Gasteiger partial charge in [0.1, 0.15) is 24.7 Å². The van der Waals surface area contributed by atoms with Gasteiger partial charge in [-0.2, -0.15) is 0 Å². The zero-order valence-electron chi connectivity index (χ0n) is 13.8. The van der Waals surface area contributed by atoms with Gasteiger partial charge in [0.05, 0.1) is 12.7 Å². The van der Waals surface area contributed by atoms with E-state index in [1.54, 1.807) is 0 Å². The average molecular weight is 360 g/mol. The molecule has 4 unspecified atom stereocenters. The maximum atomic E-state index is 12.3. The largest absolute Gasteiger partial charge is 0.480 e. The zero-order valence-corrected chi connectivity index (χ0v) is 13.8. The summed E-state index contributed by atoms with van der Waals surface area (Å²) in [6.45, 7) is 0.266. The molecule has 0 bridgehead atoms. The summed E-state index contributed by atoms with van der Waals surface area (Å²) in [6, 6.07) is -3.38. The molecule has 0 spiro atoms. The second-order valence-corrected chi connectivity index (χ2v) is 5.81. The van der Waals surface area contributed by atoms with Crippen LogP contribution < -0.4 is 16.4 Å². The van der Waals surface area contributed by atoms with E-state index in [0.717, 1.165) is 0 Å². The first-order valence-electron chi connectivity index (χ1n) is 7.83. The molecule has 1 fully saturated rings. The number of aliphatic carboxylic acids is 1. The monoisotopic (exact) mass is 360 g/mol. The predicted molar refractivity (Wildman–Crippen MR) is 84.1 cm³/mol. The van der Waals surface area contributed by atoms with Gasteiger partial charge in [-0.25, -0.2) is 0 Å². The van der Waals surface area contributed by atoms with Crippen LogP contribution in [-0.4, -0.2) is 87.8 Å². The van der Waals surface area contributed by atoms with Crippen molar-refractivity contribution in [1.82, 2.24) is 15.5 Å². The van der Waals surface area contributed by atoms with Crippen molar-refractivity contribution in [1.29, 1.82) is 0 Å². The lowest BCUT2D eigenvalue weighted by Gasteiger charge is -2.28. The fourth-order valence-electron chi connectivity index (χ4n) is 2.45. The molecule has 4 atom stereocenters. The second kappa shape index (κ2) is 9.30. The number of carbonyl (C=O) groups excluding carboxylic acids is 3. The number of carboxylic acids is 1. The van der Waals surface area contributed by atoms with E-state index in [4.69, 9.17) is 10.8 Å². The number of hydrogen-bond donors (Lipinski definition) is 6. The number of aliphatic hydroxyl groups is 2. The van der Waals surface area contributed by atoms with Crippen molar-refractivity contribution in [2.24, 2.45) is 5.73 Å². The Kier molecular flexibility index (Phi) is 7.74. The van der Waals surface area contributed by atoms with Gasteiger partial charge >= 0.3 is 5.97 Å². The molecule has 0 aromatic heterocycles. The number of nitrogens with zero attached hydrogens (tertiary/aromatic N) is 1. The van der Waals surface area contributed by atoms with Crippen molar-refractivity contribution in [2.75, 3.05) is 19.7 Å². The fraction of sp³-hybridized carbons (Fsp3) is 0.714. The van der Waals surface area contributed by atoms with Gasteiger partial charge < -0.3 is 36.6 Å². The lowest BCUT2D eigenvalue weighted by molar-refractivity contribution is -0.142. The van der Waals surface area contributed by atoms with E-state index >= 15 is 0 Å². The van der Waals surface area contributed by atoms with E-state index in [1.165, 1.54) is 11.8 Å². The van der Waals surface area contributed by atoms with Gasteiger partial charge in [0.2, 0.25) is 17.7 Å². The van der Waals surface area contributed by atoms with Gasteiger partial charge in [-0.05, 0) is 19.8 Å². The number of aliphatic hydroxyl groups excluding tert-OH is 2. The lowest BCUT2D eigenvalue weighted by Crippen LogP contribution is -2.57. The molecule has 7 N–H and O–H groups in total. The van der Waals surface area contributed by atoms with E-state index in [9.17, 15) is 29.4 Å². The van der Waals surface area contributed by atoms with Crippen LogP contribution in [0.5, 0.6) is 0 Å². The van der Waals surface area contributed by atoms with E-state index in [1.807, 2.05) is 5.32 Å². The zero-order chi connectivity index (χ0) is 19.1. The molecule has 1 aliphatic rings. The number of likely N-dealkylation sites (tertiary alicyclic amines) is 1. The Bertz CT molecular complexity index is 525. The first-order chi connectivity index (χ1) is 11.7. The van der Waals surface area contributed by atoms with Crippen LogP contribution in [-0.2, 0) is 19.2 Å².